The first kappa shape index (κ1) is 12.2. The number of aryl methyl sites for hydroxylation is 1. The SMILES string of the molecule is CCNC(c1cncc(F)c1)c1ccc(C)s1. The largest absolute Gasteiger partial charge is 0.306 e. The van der Waals surface area contributed by atoms with Gasteiger partial charge in [0.25, 0.3) is 0 Å². The second-order valence-electron chi connectivity index (χ2n) is 3.88. The first-order valence-electron chi connectivity index (χ1n) is 5.61. The number of nitrogens with zero attached hydrogens (tertiary/aromatic N) is 1. The predicted octanol–water partition coefficient (Wildman–Crippen LogP) is 3.29. The van der Waals surface area contributed by atoms with Crippen LogP contribution in [0.3, 0.4) is 0 Å². The summed E-state index contributed by atoms with van der Waals surface area (Å²) in [6, 6.07) is 5.73. The normalized spacial score (nSPS) is 12.6. The van der Waals surface area contributed by atoms with E-state index < -0.39 is 0 Å². The van der Waals surface area contributed by atoms with E-state index in [0.717, 1.165) is 12.1 Å². The molecule has 0 radical (unpaired) electrons. The van der Waals surface area contributed by atoms with E-state index in [1.165, 1.54) is 22.0 Å². The first-order valence-corrected chi connectivity index (χ1v) is 6.42. The van der Waals surface area contributed by atoms with Crippen LogP contribution in [0.25, 0.3) is 0 Å². The highest BCUT2D eigenvalue weighted by molar-refractivity contribution is 7.12. The van der Waals surface area contributed by atoms with E-state index in [-0.39, 0.29) is 11.9 Å². The van der Waals surface area contributed by atoms with Crippen molar-refractivity contribution in [3.05, 3.63) is 51.7 Å². The molecular formula is C13H15FN2S. The Labute approximate surface area is 105 Å². The third kappa shape index (κ3) is 2.90. The minimum Gasteiger partial charge on any atom is -0.306 e. The third-order valence-corrected chi connectivity index (χ3v) is 3.58. The highest BCUT2D eigenvalue weighted by atomic mass is 32.1. The highest BCUT2D eigenvalue weighted by Crippen LogP contribution is 2.28. The average molecular weight is 250 g/mol. The van der Waals surface area contributed by atoms with Gasteiger partial charge in [-0.2, -0.15) is 0 Å². The number of aromatic nitrogens is 1. The van der Waals surface area contributed by atoms with Gasteiger partial charge >= 0.3 is 0 Å². The number of nitrogens with one attached hydrogen (secondary N) is 1. The minimum atomic E-state index is -0.293. The van der Waals surface area contributed by atoms with Gasteiger partial charge in [0.05, 0.1) is 12.2 Å². The van der Waals surface area contributed by atoms with Gasteiger partial charge in [-0.1, -0.05) is 6.92 Å². The van der Waals surface area contributed by atoms with Crippen LogP contribution in [0.1, 0.15) is 28.3 Å². The summed E-state index contributed by atoms with van der Waals surface area (Å²) >= 11 is 1.72. The van der Waals surface area contributed by atoms with Gasteiger partial charge in [-0.25, -0.2) is 4.39 Å². The van der Waals surface area contributed by atoms with E-state index in [4.69, 9.17) is 0 Å². The quantitative estimate of drug-likeness (QED) is 0.900. The van der Waals surface area contributed by atoms with Crippen LogP contribution in [-0.4, -0.2) is 11.5 Å². The number of pyridine rings is 1. The number of hydrogen-bond donors (Lipinski definition) is 1. The first-order chi connectivity index (χ1) is 8.20. The standard InChI is InChI=1S/C13H15FN2S/c1-3-16-13(12-5-4-9(2)17-12)10-6-11(14)8-15-7-10/h4-8,13,16H,3H2,1-2H3. The molecule has 90 valence electrons. The van der Waals surface area contributed by atoms with E-state index in [0.29, 0.717) is 0 Å². The van der Waals surface area contributed by atoms with E-state index in [2.05, 4.69) is 29.4 Å². The number of halogens is 1. The topological polar surface area (TPSA) is 24.9 Å². The molecule has 1 atom stereocenters. The molecule has 2 rings (SSSR count). The van der Waals surface area contributed by atoms with E-state index in [1.54, 1.807) is 17.5 Å². The van der Waals surface area contributed by atoms with Crippen molar-refractivity contribution in [3.8, 4) is 0 Å². The molecule has 2 nitrogen and oxygen atoms in total. The number of hydrogen-bond acceptors (Lipinski definition) is 3. The van der Waals surface area contributed by atoms with Crippen molar-refractivity contribution in [3.63, 3.8) is 0 Å². The summed E-state index contributed by atoms with van der Waals surface area (Å²) in [5.74, 6) is -0.293. The maximum absolute atomic E-state index is 13.2. The lowest BCUT2D eigenvalue weighted by molar-refractivity contribution is 0.599. The fraction of sp³-hybridized carbons (Fsp3) is 0.308. The zero-order valence-corrected chi connectivity index (χ0v) is 10.7. The second kappa shape index (κ2) is 5.38. The molecule has 0 bridgehead atoms. The Morgan fingerprint density at radius 2 is 2.24 bits per heavy atom. The summed E-state index contributed by atoms with van der Waals surface area (Å²) in [6.45, 7) is 4.94. The molecule has 0 saturated heterocycles. The molecule has 0 amide bonds. The molecule has 1 N–H and O–H groups in total. The molecule has 2 aromatic heterocycles. The van der Waals surface area contributed by atoms with Gasteiger partial charge < -0.3 is 5.32 Å². The monoisotopic (exact) mass is 250 g/mol. The summed E-state index contributed by atoms with van der Waals surface area (Å²) in [5.41, 5.74) is 0.869. The van der Waals surface area contributed by atoms with Crippen molar-refractivity contribution < 1.29 is 4.39 Å². The fourth-order valence-corrected chi connectivity index (χ4v) is 2.76. The second-order valence-corrected chi connectivity index (χ2v) is 5.20. The van der Waals surface area contributed by atoms with Crippen LogP contribution in [-0.2, 0) is 0 Å². The predicted molar refractivity (Wildman–Crippen MR) is 68.8 cm³/mol. The Balaban J connectivity index is 2.35. The molecule has 0 spiro atoms. The molecular weight excluding hydrogens is 235 g/mol. The van der Waals surface area contributed by atoms with E-state index >= 15 is 0 Å². The Kier molecular flexibility index (Phi) is 3.86. The maximum atomic E-state index is 13.2. The zero-order chi connectivity index (χ0) is 12.3. The lowest BCUT2D eigenvalue weighted by Gasteiger charge is -2.16. The van der Waals surface area contributed by atoms with Crippen LogP contribution < -0.4 is 5.32 Å². The third-order valence-electron chi connectivity index (χ3n) is 2.51. The molecule has 0 aliphatic carbocycles. The fourth-order valence-electron chi connectivity index (χ4n) is 1.78. The lowest BCUT2D eigenvalue weighted by Crippen LogP contribution is -2.21. The zero-order valence-electron chi connectivity index (χ0n) is 9.90. The molecule has 0 aliphatic rings. The van der Waals surface area contributed by atoms with Crippen LogP contribution in [0.2, 0.25) is 0 Å². The Hall–Kier alpha value is -1.26. The number of rotatable bonds is 4. The summed E-state index contributed by atoms with van der Waals surface area (Å²) in [7, 11) is 0. The highest BCUT2D eigenvalue weighted by Gasteiger charge is 2.15. The lowest BCUT2D eigenvalue weighted by atomic mass is 10.1. The van der Waals surface area contributed by atoms with Crippen molar-refractivity contribution in [2.45, 2.75) is 19.9 Å². The smallest absolute Gasteiger partial charge is 0.141 e. The Morgan fingerprint density at radius 3 is 2.82 bits per heavy atom. The Morgan fingerprint density at radius 1 is 1.41 bits per heavy atom. The van der Waals surface area contributed by atoms with Crippen molar-refractivity contribution >= 4 is 11.3 Å². The van der Waals surface area contributed by atoms with E-state index in [9.17, 15) is 4.39 Å². The summed E-state index contributed by atoms with van der Waals surface area (Å²) < 4.78 is 13.2. The van der Waals surface area contributed by atoms with Crippen LogP contribution >= 0.6 is 11.3 Å². The molecule has 2 aromatic rings. The molecule has 4 heteroatoms. The van der Waals surface area contributed by atoms with Crippen LogP contribution in [0.5, 0.6) is 0 Å². The summed E-state index contributed by atoms with van der Waals surface area (Å²) in [5, 5.41) is 3.36. The van der Waals surface area contributed by atoms with Gasteiger partial charge in [0.15, 0.2) is 0 Å². The van der Waals surface area contributed by atoms with Crippen LogP contribution in [0, 0.1) is 12.7 Å². The maximum Gasteiger partial charge on any atom is 0.141 e. The molecule has 0 aromatic carbocycles. The van der Waals surface area contributed by atoms with Crippen molar-refractivity contribution in [1.82, 2.24) is 10.3 Å². The summed E-state index contributed by atoms with van der Waals surface area (Å²) in [6.07, 6.45) is 2.94. The van der Waals surface area contributed by atoms with Crippen LogP contribution in [0.15, 0.2) is 30.6 Å². The molecule has 1 unspecified atom stereocenters. The molecule has 0 aliphatic heterocycles. The van der Waals surface area contributed by atoms with Gasteiger partial charge in [0.1, 0.15) is 5.82 Å². The minimum absolute atomic E-state index is 0.0295. The number of thiophene rings is 1. The van der Waals surface area contributed by atoms with Crippen LogP contribution in [0.4, 0.5) is 4.39 Å². The molecule has 0 saturated carbocycles. The molecule has 0 fully saturated rings. The van der Waals surface area contributed by atoms with Gasteiger partial charge in [0.2, 0.25) is 0 Å². The van der Waals surface area contributed by atoms with E-state index in [1.807, 2.05) is 6.92 Å². The van der Waals surface area contributed by atoms with Crippen molar-refractivity contribution in [1.29, 1.82) is 0 Å². The van der Waals surface area contributed by atoms with Gasteiger partial charge in [-0.05, 0) is 37.2 Å². The molecule has 17 heavy (non-hydrogen) atoms. The van der Waals surface area contributed by atoms with Crippen molar-refractivity contribution in [2.75, 3.05) is 6.54 Å². The van der Waals surface area contributed by atoms with Gasteiger partial charge in [-0.15, -0.1) is 11.3 Å². The van der Waals surface area contributed by atoms with Gasteiger partial charge in [-0.3, -0.25) is 4.98 Å². The Bertz CT molecular complexity index is 496. The average Bonchev–Trinajstić information content (AvgIpc) is 2.72. The summed E-state index contributed by atoms with van der Waals surface area (Å²) in [4.78, 5) is 6.36. The van der Waals surface area contributed by atoms with Gasteiger partial charge in [0, 0.05) is 16.0 Å². The molecule has 2 heterocycles. The van der Waals surface area contributed by atoms with Crippen molar-refractivity contribution in [2.24, 2.45) is 0 Å².